The van der Waals surface area contributed by atoms with Crippen LogP contribution in [-0.4, -0.2) is 31.7 Å². The second kappa shape index (κ2) is 9.91. The highest BCUT2D eigenvalue weighted by atomic mass is 35.5. The number of benzene rings is 1. The summed E-state index contributed by atoms with van der Waals surface area (Å²) in [5, 5.41) is 6.27. The number of hydrogen-bond donors (Lipinski definition) is 2. The summed E-state index contributed by atoms with van der Waals surface area (Å²) in [6.45, 7) is 3.85. The first kappa shape index (κ1) is 19.9. The average Bonchev–Trinajstić information content (AvgIpc) is 2.57. The lowest BCUT2D eigenvalue weighted by Gasteiger charge is -2.34. The molecule has 1 aliphatic heterocycles. The van der Waals surface area contributed by atoms with Gasteiger partial charge < -0.3 is 15.4 Å². The molecule has 1 heterocycles. The van der Waals surface area contributed by atoms with Gasteiger partial charge in [0.2, 0.25) is 0 Å². The summed E-state index contributed by atoms with van der Waals surface area (Å²) in [4.78, 5) is 12.6. The molecule has 0 saturated carbocycles. The summed E-state index contributed by atoms with van der Waals surface area (Å²) >= 11 is 0. The van der Waals surface area contributed by atoms with Crippen molar-refractivity contribution in [1.82, 2.24) is 5.32 Å². The van der Waals surface area contributed by atoms with Gasteiger partial charge in [-0.2, -0.15) is 0 Å². The number of rotatable bonds is 7. The van der Waals surface area contributed by atoms with Gasteiger partial charge in [-0.1, -0.05) is 31.9 Å². The van der Waals surface area contributed by atoms with Crippen molar-refractivity contribution in [1.29, 1.82) is 0 Å². The number of carbonyl (C=O) groups is 1. The van der Waals surface area contributed by atoms with Crippen molar-refractivity contribution < 1.29 is 9.53 Å². The highest BCUT2D eigenvalue weighted by Crippen LogP contribution is 2.24. The normalized spacial score (nSPS) is 16.4. The van der Waals surface area contributed by atoms with Crippen LogP contribution in [0.2, 0.25) is 0 Å². The van der Waals surface area contributed by atoms with Gasteiger partial charge in [0.25, 0.3) is 5.91 Å². The molecule has 0 unspecified atom stereocenters. The molecule has 4 nitrogen and oxygen atoms in total. The molecule has 0 radical (unpaired) electrons. The molecule has 2 N–H and O–H groups in total. The fourth-order valence-electron chi connectivity index (χ4n) is 2.93. The Kier molecular flexibility index (Phi) is 8.59. The van der Waals surface area contributed by atoms with Gasteiger partial charge in [-0.25, -0.2) is 0 Å². The number of carbonyl (C=O) groups excluding carboxylic acids is 1. The van der Waals surface area contributed by atoms with Gasteiger partial charge >= 0.3 is 0 Å². The van der Waals surface area contributed by atoms with Gasteiger partial charge in [-0.15, -0.1) is 12.4 Å². The van der Waals surface area contributed by atoms with Gasteiger partial charge in [0.1, 0.15) is 5.60 Å². The van der Waals surface area contributed by atoms with E-state index in [1.807, 2.05) is 12.1 Å². The predicted octanol–water partition coefficient (Wildman–Crippen LogP) is 3.55. The predicted molar refractivity (Wildman–Crippen MR) is 97.4 cm³/mol. The zero-order chi connectivity index (χ0) is 15.8. The fourth-order valence-corrected chi connectivity index (χ4v) is 2.93. The van der Waals surface area contributed by atoms with Crippen molar-refractivity contribution in [2.24, 2.45) is 0 Å². The molecular formula is C18H29ClN2O2. The second-order valence-corrected chi connectivity index (χ2v) is 6.06. The smallest absolute Gasteiger partial charge is 0.256 e. The largest absolute Gasteiger partial charge is 0.368 e. The van der Waals surface area contributed by atoms with Crippen molar-refractivity contribution in [2.45, 2.75) is 51.0 Å². The molecule has 23 heavy (non-hydrogen) atoms. The van der Waals surface area contributed by atoms with Crippen molar-refractivity contribution >= 4 is 24.0 Å². The SMILES string of the molecule is CCCCCc1ccc(NC(=O)C2(OC)CCNCC2)cc1.Cl. The Balaban J connectivity index is 0.00000264. The number of nitrogens with one attached hydrogen (secondary N) is 2. The maximum atomic E-state index is 12.6. The molecule has 0 bridgehead atoms. The summed E-state index contributed by atoms with van der Waals surface area (Å²) in [6.07, 6.45) is 6.26. The van der Waals surface area contributed by atoms with E-state index >= 15 is 0 Å². The maximum absolute atomic E-state index is 12.6. The molecular weight excluding hydrogens is 312 g/mol. The molecule has 130 valence electrons. The average molecular weight is 341 g/mol. The summed E-state index contributed by atoms with van der Waals surface area (Å²) < 4.78 is 5.55. The Labute approximate surface area is 145 Å². The minimum Gasteiger partial charge on any atom is -0.368 e. The van der Waals surface area contributed by atoms with E-state index in [4.69, 9.17) is 4.74 Å². The molecule has 1 fully saturated rings. The van der Waals surface area contributed by atoms with Gasteiger partial charge in [0.05, 0.1) is 0 Å². The zero-order valence-electron chi connectivity index (χ0n) is 14.2. The van der Waals surface area contributed by atoms with E-state index in [9.17, 15) is 4.79 Å². The first-order chi connectivity index (χ1) is 10.7. The number of ether oxygens (including phenoxy) is 1. The van der Waals surface area contributed by atoms with Crippen LogP contribution < -0.4 is 10.6 Å². The third-order valence-electron chi connectivity index (χ3n) is 4.50. The van der Waals surface area contributed by atoms with Gasteiger partial charge in [-0.05, 0) is 56.5 Å². The van der Waals surface area contributed by atoms with Crippen LogP contribution in [0.5, 0.6) is 0 Å². The van der Waals surface area contributed by atoms with Gasteiger partial charge in [-0.3, -0.25) is 4.79 Å². The van der Waals surface area contributed by atoms with E-state index < -0.39 is 5.60 Å². The number of hydrogen-bond acceptors (Lipinski definition) is 3. The van der Waals surface area contributed by atoms with Gasteiger partial charge in [0.15, 0.2) is 0 Å². The minimum atomic E-state index is -0.689. The Morgan fingerprint density at radius 2 is 1.87 bits per heavy atom. The highest BCUT2D eigenvalue weighted by Gasteiger charge is 2.39. The van der Waals surface area contributed by atoms with E-state index in [0.29, 0.717) is 12.8 Å². The van der Waals surface area contributed by atoms with Crippen molar-refractivity contribution in [3.63, 3.8) is 0 Å². The van der Waals surface area contributed by atoms with Crippen LogP contribution in [0.4, 0.5) is 5.69 Å². The topological polar surface area (TPSA) is 50.4 Å². The first-order valence-corrected chi connectivity index (χ1v) is 8.36. The third-order valence-corrected chi connectivity index (χ3v) is 4.50. The highest BCUT2D eigenvalue weighted by molar-refractivity contribution is 5.97. The molecule has 0 aliphatic carbocycles. The summed E-state index contributed by atoms with van der Waals surface area (Å²) in [5.41, 5.74) is 1.49. The zero-order valence-corrected chi connectivity index (χ0v) is 15.0. The van der Waals surface area contributed by atoms with Crippen LogP contribution in [0, 0.1) is 0 Å². The lowest BCUT2D eigenvalue weighted by atomic mass is 9.91. The van der Waals surface area contributed by atoms with E-state index in [1.165, 1.54) is 24.8 Å². The van der Waals surface area contributed by atoms with E-state index in [-0.39, 0.29) is 18.3 Å². The maximum Gasteiger partial charge on any atom is 0.256 e. The molecule has 1 aromatic carbocycles. The monoisotopic (exact) mass is 340 g/mol. The summed E-state index contributed by atoms with van der Waals surface area (Å²) in [5.74, 6) is -0.0322. The van der Waals surface area contributed by atoms with Crippen LogP contribution in [0.1, 0.15) is 44.6 Å². The van der Waals surface area contributed by atoms with E-state index in [2.05, 4.69) is 29.7 Å². The number of aryl methyl sites for hydroxylation is 1. The lowest BCUT2D eigenvalue weighted by Crippen LogP contribution is -2.51. The summed E-state index contributed by atoms with van der Waals surface area (Å²) in [6, 6.07) is 8.19. The number of halogens is 1. The summed E-state index contributed by atoms with van der Waals surface area (Å²) in [7, 11) is 1.63. The van der Waals surface area contributed by atoms with Gasteiger partial charge in [0, 0.05) is 12.8 Å². The number of anilines is 1. The minimum absolute atomic E-state index is 0. The van der Waals surface area contributed by atoms with Crippen LogP contribution in [0.15, 0.2) is 24.3 Å². The first-order valence-electron chi connectivity index (χ1n) is 8.36. The van der Waals surface area contributed by atoms with Crippen molar-refractivity contribution in [3.05, 3.63) is 29.8 Å². The molecule has 1 aliphatic rings. The van der Waals surface area contributed by atoms with Crippen LogP contribution in [0.3, 0.4) is 0 Å². The number of amides is 1. The van der Waals surface area contributed by atoms with Crippen molar-refractivity contribution in [2.75, 3.05) is 25.5 Å². The lowest BCUT2D eigenvalue weighted by molar-refractivity contribution is -0.140. The number of unbranched alkanes of at least 4 members (excludes halogenated alkanes) is 2. The second-order valence-electron chi connectivity index (χ2n) is 6.06. The van der Waals surface area contributed by atoms with Crippen molar-refractivity contribution in [3.8, 4) is 0 Å². The van der Waals surface area contributed by atoms with E-state index in [1.54, 1.807) is 7.11 Å². The number of methoxy groups -OCH3 is 1. The molecule has 2 rings (SSSR count). The molecule has 1 amide bonds. The fraction of sp³-hybridized carbons (Fsp3) is 0.611. The third kappa shape index (κ3) is 5.48. The molecule has 1 aromatic rings. The van der Waals surface area contributed by atoms with Crippen LogP contribution >= 0.6 is 12.4 Å². The Morgan fingerprint density at radius 3 is 2.43 bits per heavy atom. The molecule has 1 saturated heterocycles. The van der Waals surface area contributed by atoms with E-state index in [0.717, 1.165) is 25.2 Å². The number of piperidine rings is 1. The van der Waals surface area contributed by atoms with Crippen LogP contribution in [-0.2, 0) is 16.0 Å². The standard InChI is InChI=1S/C18H28N2O2.ClH/c1-3-4-5-6-15-7-9-16(10-8-15)20-17(21)18(22-2)11-13-19-14-12-18;/h7-10,19H,3-6,11-14H2,1-2H3,(H,20,21);1H. The molecule has 0 atom stereocenters. The Bertz CT molecular complexity index is 470. The quantitative estimate of drug-likeness (QED) is 0.746. The van der Waals surface area contributed by atoms with Crippen LogP contribution in [0.25, 0.3) is 0 Å². The Morgan fingerprint density at radius 1 is 1.22 bits per heavy atom. The molecule has 0 aromatic heterocycles. The molecule has 0 spiro atoms. The molecule has 5 heteroatoms. The Hall–Kier alpha value is -1.10.